The van der Waals surface area contributed by atoms with Gasteiger partial charge in [0, 0.05) is 11.6 Å². The van der Waals surface area contributed by atoms with Gasteiger partial charge in [-0.1, -0.05) is 30.3 Å². The third kappa shape index (κ3) is 3.20. The van der Waals surface area contributed by atoms with Crippen molar-refractivity contribution in [3.05, 3.63) is 60.1 Å². The zero-order valence-electron chi connectivity index (χ0n) is 11.7. The smallest absolute Gasteiger partial charge is 0.163 e. The molecule has 0 aliphatic heterocycles. The van der Waals surface area contributed by atoms with Crippen LogP contribution in [-0.2, 0) is 6.54 Å². The first-order valence-corrected chi connectivity index (χ1v) is 6.70. The quantitative estimate of drug-likeness (QED) is 0.767. The average molecular weight is 280 g/mol. The standard InChI is InChI=1S/C16H16N4O/c1-11-7-8-13(21-11)10-18-15-9-14(17)19-16(20-15)12-5-3-2-4-6-12/h2-9H,10H2,1H3,(H3,17,18,19,20). The molecule has 5 nitrogen and oxygen atoms in total. The van der Waals surface area contributed by atoms with Crippen molar-refractivity contribution in [1.29, 1.82) is 0 Å². The van der Waals surface area contributed by atoms with Crippen LogP contribution in [0, 0.1) is 6.92 Å². The molecule has 21 heavy (non-hydrogen) atoms. The van der Waals surface area contributed by atoms with E-state index in [1.54, 1.807) is 6.07 Å². The second kappa shape index (κ2) is 5.66. The van der Waals surface area contributed by atoms with Crippen LogP contribution in [0.1, 0.15) is 11.5 Å². The maximum atomic E-state index is 5.86. The number of anilines is 2. The van der Waals surface area contributed by atoms with Crippen LogP contribution in [0.3, 0.4) is 0 Å². The van der Waals surface area contributed by atoms with Crippen LogP contribution in [0.2, 0.25) is 0 Å². The van der Waals surface area contributed by atoms with Gasteiger partial charge in [0.05, 0.1) is 6.54 Å². The molecule has 0 amide bonds. The maximum Gasteiger partial charge on any atom is 0.163 e. The summed E-state index contributed by atoms with van der Waals surface area (Å²) < 4.78 is 5.51. The molecule has 2 heterocycles. The van der Waals surface area contributed by atoms with Crippen LogP contribution in [-0.4, -0.2) is 9.97 Å². The lowest BCUT2D eigenvalue weighted by atomic mass is 10.2. The Labute approximate surface area is 122 Å². The number of furan rings is 1. The summed E-state index contributed by atoms with van der Waals surface area (Å²) >= 11 is 0. The molecule has 0 unspecified atom stereocenters. The van der Waals surface area contributed by atoms with Gasteiger partial charge < -0.3 is 15.5 Å². The van der Waals surface area contributed by atoms with Crippen molar-refractivity contribution in [3.63, 3.8) is 0 Å². The molecule has 1 aromatic carbocycles. The lowest BCUT2D eigenvalue weighted by molar-refractivity contribution is 0.490. The lowest BCUT2D eigenvalue weighted by Crippen LogP contribution is -2.04. The second-order valence-electron chi connectivity index (χ2n) is 4.73. The molecule has 0 bridgehead atoms. The number of hydrogen-bond acceptors (Lipinski definition) is 5. The van der Waals surface area contributed by atoms with Crippen LogP contribution < -0.4 is 11.1 Å². The zero-order chi connectivity index (χ0) is 14.7. The molecule has 0 fully saturated rings. The summed E-state index contributed by atoms with van der Waals surface area (Å²) in [5, 5.41) is 3.20. The van der Waals surface area contributed by atoms with E-state index in [0.717, 1.165) is 17.1 Å². The van der Waals surface area contributed by atoms with E-state index < -0.39 is 0 Å². The third-order valence-corrected chi connectivity index (χ3v) is 3.02. The fraction of sp³-hybridized carbons (Fsp3) is 0.125. The molecule has 0 aliphatic carbocycles. The SMILES string of the molecule is Cc1ccc(CNc2cc(N)nc(-c3ccccc3)n2)o1. The van der Waals surface area contributed by atoms with Gasteiger partial charge in [0.1, 0.15) is 23.2 Å². The fourth-order valence-electron chi connectivity index (χ4n) is 2.03. The molecule has 3 rings (SSSR count). The molecule has 0 radical (unpaired) electrons. The minimum atomic E-state index is 0.432. The Morgan fingerprint density at radius 3 is 2.62 bits per heavy atom. The number of aryl methyl sites for hydroxylation is 1. The Bertz CT molecular complexity index is 737. The highest BCUT2D eigenvalue weighted by Gasteiger charge is 2.06. The van der Waals surface area contributed by atoms with E-state index in [2.05, 4.69) is 15.3 Å². The van der Waals surface area contributed by atoms with Crippen LogP contribution >= 0.6 is 0 Å². The summed E-state index contributed by atoms with van der Waals surface area (Å²) in [7, 11) is 0. The minimum absolute atomic E-state index is 0.432. The van der Waals surface area contributed by atoms with Gasteiger partial charge in [-0.05, 0) is 19.1 Å². The van der Waals surface area contributed by atoms with Gasteiger partial charge in [0.2, 0.25) is 0 Å². The van der Waals surface area contributed by atoms with E-state index in [-0.39, 0.29) is 0 Å². The van der Waals surface area contributed by atoms with E-state index in [1.165, 1.54) is 0 Å². The van der Waals surface area contributed by atoms with E-state index in [4.69, 9.17) is 10.2 Å². The number of nitrogens with one attached hydrogen (secondary N) is 1. The highest BCUT2D eigenvalue weighted by atomic mass is 16.3. The minimum Gasteiger partial charge on any atom is -0.465 e. The number of benzene rings is 1. The maximum absolute atomic E-state index is 5.86. The number of hydrogen-bond donors (Lipinski definition) is 2. The number of nitrogens with two attached hydrogens (primary N) is 1. The molecule has 0 aliphatic rings. The van der Waals surface area contributed by atoms with Crippen molar-refractivity contribution in [2.45, 2.75) is 13.5 Å². The molecule has 106 valence electrons. The van der Waals surface area contributed by atoms with E-state index >= 15 is 0 Å². The number of nitrogens with zero attached hydrogens (tertiary/aromatic N) is 2. The molecule has 5 heteroatoms. The number of rotatable bonds is 4. The van der Waals surface area contributed by atoms with Crippen LogP contribution in [0.5, 0.6) is 0 Å². The topological polar surface area (TPSA) is 77.0 Å². The number of aromatic nitrogens is 2. The highest BCUT2D eigenvalue weighted by molar-refractivity contribution is 5.60. The molecule has 0 saturated heterocycles. The Balaban J connectivity index is 1.81. The van der Waals surface area contributed by atoms with Crippen molar-refractivity contribution >= 4 is 11.6 Å². The molecule has 3 N–H and O–H groups in total. The van der Waals surface area contributed by atoms with E-state index in [1.807, 2.05) is 49.4 Å². The van der Waals surface area contributed by atoms with Gasteiger partial charge in [0.25, 0.3) is 0 Å². The summed E-state index contributed by atoms with van der Waals surface area (Å²) in [4.78, 5) is 8.75. The highest BCUT2D eigenvalue weighted by Crippen LogP contribution is 2.19. The molecule has 2 aromatic heterocycles. The predicted molar refractivity (Wildman–Crippen MR) is 82.7 cm³/mol. The van der Waals surface area contributed by atoms with Gasteiger partial charge in [-0.25, -0.2) is 9.97 Å². The molecular formula is C16H16N4O. The molecule has 0 spiro atoms. The molecule has 0 saturated carbocycles. The first kappa shape index (κ1) is 13.2. The monoisotopic (exact) mass is 280 g/mol. The number of nitrogen functional groups attached to an aromatic ring is 1. The van der Waals surface area contributed by atoms with Gasteiger partial charge in [-0.15, -0.1) is 0 Å². The largest absolute Gasteiger partial charge is 0.465 e. The first-order chi connectivity index (χ1) is 10.2. The summed E-state index contributed by atoms with van der Waals surface area (Å²) in [6.07, 6.45) is 0. The van der Waals surface area contributed by atoms with Crippen molar-refractivity contribution in [2.24, 2.45) is 0 Å². The van der Waals surface area contributed by atoms with E-state index in [0.29, 0.717) is 24.0 Å². The average Bonchev–Trinajstić information content (AvgIpc) is 2.91. The summed E-state index contributed by atoms with van der Waals surface area (Å²) in [5.41, 5.74) is 6.79. The zero-order valence-corrected chi connectivity index (χ0v) is 11.7. The van der Waals surface area contributed by atoms with Crippen molar-refractivity contribution in [3.8, 4) is 11.4 Å². The summed E-state index contributed by atoms with van der Waals surface area (Å²) in [6.45, 7) is 2.47. The van der Waals surface area contributed by atoms with Gasteiger partial charge >= 0.3 is 0 Å². The van der Waals surface area contributed by atoms with E-state index in [9.17, 15) is 0 Å². The van der Waals surface area contributed by atoms with Gasteiger partial charge in [-0.2, -0.15) is 0 Å². The third-order valence-electron chi connectivity index (χ3n) is 3.02. The normalized spacial score (nSPS) is 10.5. The first-order valence-electron chi connectivity index (χ1n) is 6.70. The summed E-state index contributed by atoms with van der Waals surface area (Å²) in [6, 6.07) is 15.3. The van der Waals surface area contributed by atoms with Crippen molar-refractivity contribution in [2.75, 3.05) is 11.1 Å². The Hall–Kier alpha value is -2.82. The molecular weight excluding hydrogens is 264 g/mol. The van der Waals surface area contributed by atoms with Gasteiger partial charge in [-0.3, -0.25) is 0 Å². The second-order valence-corrected chi connectivity index (χ2v) is 4.73. The van der Waals surface area contributed by atoms with Crippen molar-refractivity contribution < 1.29 is 4.42 Å². The van der Waals surface area contributed by atoms with Crippen LogP contribution in [0.25, 0.3) is 11.4 Å². The van der Waals surface area contributed by atoms with Crippen molar-refractivity contribution in [1.82, 2.24) is 9.97 Å². The predicted octanol–water partition coefficient (Wildman–Crippen LogP) is 3.24. The van der Waals surface area contributed by atoms with Crippen LogP contribution in [0.4, 0.5) is 11.6 Å². The molecule has 3 aromatic rings. The Morgan fingerprint density at radius 1 is 1.10 bits per heavy atom. The van der Waals surface area contributed by atoms with Crippen LogP contribution in [0.15, 0.2) is 52.9 Å². The Kier molecular flexibility index (Phi) is 3.55. The Morgan fingerprint density at radius 2 is 1.90 bits per heavy atom. The van der Waals surface area contributed by atoms with Gasteiger partial charge in [0.15, 0.2) is 5.82 Å². The lowest BCUT2D eigenvalue weighted by Gasteiger charge is -2.07. The fourth-order valence-corrected chi connectivity index (χ4v) is 2.03. The molecule has 0 atom stereocenters. The summed E-state index contributed by atoms with van der Waals surface area (Å²) in [5.74, 6) is 3.45.